The van der Waals surface area contributed by atoms with Gasteiger partial charge in [-0.25, -0.2) is 4.39 Å². The molecule has 1 heterocycles. The highest BCUT2D eigenvalue weighted by atomic mass is 79.9. The summed E-state index contributed by atoms with van der Waals surface area (Å²) >= 11 is 6.96. The van der Waals surface area contributed by atoms with Crippen molar-refractivity contribution in [3.63, 3.8) is 0 Å². The van der Waals surface area contributed by atoms with Crippen LogP contribution in [0.15, 0.2) is 45.5 Å². The Labute approximate surface area is 128 Å². The summed E-state index contributed by atoms with van der Waals surface area (Å²) in [7, 11) is 0. The lowest BCUT2D eigenvalue weighted by Crippen LogP contribution is -2.11. The molecule has 0 bridgehead atoms. The SMILES string of the molecule is CCC(Nc1cc(Br)ccc1Br)c1ccc(F)cn1. The van der Waals surface area contributed by atoms with Crippen molar-refractivity contribution in [2.24, 2.45) is 0 Å². The van der Waals surface area contributed by atoms with Crippen LogP contribution in [0.4, 0.5) is 10.1 Å². The van der Waals surface area contributed by atoms with Gasteiger partial charge in [0.15, 0.2) is 0 Å². The highest BCUT2D eigenvalue weighted by Gasteiger charge is 2.12. The molecule has 2 nitrogen and oxygen atoms in total. The molecule has 0 saturated heterocycles. The minimum absolute atomic E-state index is 0.0474. The van der Waals surface area contributed by atoms with Gasteiger partial charge in [-0.05, 0) is 52.7 Å². The van der Waals surface area contributed by atoms with Crippen molar-refractivity contribution >= 4 is 37.5 Å². The van der Waals surface area contributed by atoms with E-state index in [1.165, 1.54) is 12.3 Å². The van der Waals surface area contributed by atoms with Crippen LogP contribution in [0.25, 0.3) is 0 Å². The van der Waals surface area contributed by atoms with Gasteiger partial charge >= 0.3 is 0 Å². The summed E-state index contributed by atoms with van der Waals surface area (Å²) in [4.78, 5) is 4.13. The first-order valence-electron chi connectivity index (χ1n) is 5.93. The van der Waals surface area contributed by atoms with E-state index in [1.807, 2.05) is 18.2 Å². The molecular formula is C14H13Br2FN2. The third kappa shape index (κ3) is 3.76. The number of nitrogens with one attached hydrogen (secondary N) is 1. The molecule has 19 heavy (non-hydrogen) atoms. The molecule has 1 N–H and O–H groups in total. The zero-order chi connectivity index (χ0) is 13.8. The minimum Gasteiger partial charge on any atom is -0.376 e. The van der Waals surface area contributed by atoms with Gasteiger partial charge in [0.1, 0.15) is 5.82 Å². The van der Waals surface area contributed by atoms with E-state index >= 15 is 0 Å². The second kappa shape index (κ2) is 6.48. The van der Waals surface area contributed by atoms with Crippen molar-refractivity contribution in [3.8, 4) is 0 Å². The number of benzene rings is 1. The van der Waals surface area contributed by atoms with Crippen LogP contribution in [0.1, 0.15) is 25.1 Å². The third-order valence-electron chi connectivity index (χ3n) is 2.77. The van der Waals surface area contributed by atoms with Crippen LogP contribution in [-0.4, -0.2) is 4.98 Å². The Kier molecular flexibility index (Phi) is 4.93. The molecule has 0 radical (unpaired) electrons. The first-order valence-corrected chi connectivity index (χ1v) is 7.51. The second-order valence-corrected chi connectivity index (χ2v) is 5.90. The highest BCUT2D eigenvalue weighted by Crippen LogP contribution is 2.30. The molecule has 2 rings (SSSR count). The van der Waals surface area contributed by atoms with E-state index in [2.05, 4.69) is 49.1 Å². The lowest BCUT2D eigenvalue weighted by atomic mass is 10.1. The molecule has 2 aromatic rings. The van der Waals surface area contributed by atoms with Crippen LogP contribution in [0.3, 0.4) is 0 Å². The quantitative estimate of drug-likeness (QED) is 0.768. The Hall–Kier alpha value is -0.940. The fourth-order valence-electron chi connectivity index (χ4n) is 1.77. The van der Waals surface area contributed by atoms with Crippen molar-refractivity contribution in [1.29, 1.82) is 0 Å². The molecular weight excluding hydrogens is 375 g/mol. The average molecular weight is 388 g/mol. The number of pyridine rings is 1. The van der Waals surface area contributed by atoms with Crippen LogP contribution in [0, 0.1) is 5.82 Å². The van der Waals surface area contributed by atoms with Crippen molar-refractivity contribution in [2.45, 2.75) is 19.4 Å². The summed E-state index contributed by atoms with van der Waals surface area (Å²) in [5, 5.41) is 3.41. The van der Waals surface area contributed by atoms with E-state index in [1.54, 1.807) is 6.07 Å². The van der Waals surface area contributed by atoms with E-state index in [-0.39, 0.29) is 11.9 Å². The lowest BCUT2D eigenvalue weighted by molar-refractivity contribution is 0.614. The average Bonchev–Trinajstić information content (AvgIpc) is 2.41. The normalized spacial score (nSPS) is 12.2. The molecule has 100 valence electrons. The van der Waals surface area contributed by atoms with Gasteiger partial charge in [0.05, 0.1) is 23.6 Å². The zero-order valence-electron chi connectivity index (χ0n) is 10.3. The smallest absolute Gasteiger partial charge is 0.141 e. The van der Waals surface area contributed by atoms with Crippen molar-refractivity contribution in [3.05, 3.63) is 57.0 Å². The molecule has 0 aliphatic carbocycles. The Morgan fingerprint density at radius 1 is 1.26 bits per heavy atom. The Bertz CT molecular complexity index is 558. The third-order valence-corrected chi connectivity index (χ3v) is 3.96. The van der Waals surface area contributed by atoms with Gasteiger partial charge in [-0.3, -0.25) is 4.98 Å². The van der Waals surface area contributed by atoms with Crippen LogP contribution in [0.5, 0.6) is 0 Å². The molecule has 1 atom stereocenters. The molecule has 0 aliphatic rings. The predicted octanol–water partition coefficient (Wildman–Crippen LogP) is 5.31. The molecule has 0 saturated carbocycles. The monoisotopic (exact) mass is 386 g/mol. The lowest BCUT2D eigenvalue weighted by Gasteiger charge is -2.19. The number of rotatable bonds is 4. The van der Waals surface area contributed by atoms with Crippen molar-refractivity contribution < 1.29 is 4.39 Å². The van der Waals surface area contributed by atoms with E-state index in [0.717, 1.165) is 26.7 Å². The first-order chi connectivity index (χ1) is 9.10. The molecule has 0 fully saturated rings. The van der Waals surface area contributed by atoms with E-state index < -0.39 is 0 Å². The molecule has 5 heteroatoms. The standard InChI is InChI=1S/C14H13Br2FN2/c1-2-12(13-6-4-10(17)8-18-13)19-14-7-9(15)3-5-11(14)16/h3-8,12,19H,2H2,1H3. The number of hydrogen-bond acceptors (Lipinski definition) is 2. The maximum atomic E-state index is 12.9. The maximum absolute atomic E-state index is 12.9. The van der Waals surface area contributed by atoms with Crippen molar-refractivity contribution in [2.75, 3.05) is 5.32 Å². The zero-order valence-corrected chi connectivity index (χ0v) is 13.5. The fraction of sp³-hybridized carbons (Fsp3) is 0.214. The van der Waals surface area contributed by atoms with Gasteiger partial charge in [0.25, 0.3) is 0 Å². The molecule has 1 unspecified atom stereocenters. The highest BCUT2D eigenvalue weighted by molar-refractivity contribution is 9.11. The number of nitrogens with zero attached hydrogens (tertiary/aromatic N) is 1. The summed E-state index contributed by atoms with van der Waals surface area (Å²) in [5.41, 5.74) is 1.81. The Morgan fingerprint density at radius 3 is 2.68 bits per heavy atom. The van der Waals surface area contributed by atoms with Gasteiger partial charge in [0.2, 0.25) is 0 Å². The Morgan fingerprint density at radius 2 is 2.05 bits per heavy atom. The van der Waals surface area contributed by atoms with Gasteiger partial charge in [0, 0.05) is 8.95 Å². The summed E-state index contributed by atoms with van der Waals surface area (Å²) in [6, 6.07) is 9.12. The molecule has 1 aromatic heterocycles. The van der Waals surface area contributed by atoms with Gasteiger partial charge in [-0.2, -0.15) is 0 Å². The summed E-state index contributed by atoms with van der Waals surface area (Å²) < 4.78 is 14.9. The van der Waals surface area contributed by atoms with E-state index in [4.69, 9.17) is 0 Å². The van der Waals surface area contributed by atoms with E-state index in [9.17, 15) is 4.39 Å². The first kappa shape index (κ1) is 14.5. The molecule has 0 spiro atoms. The van der Waals surface area contributed by atoms with E-state index in [0.29, 0.717) is 0 Å². The summed E-state index contributed by atoms with van der Waals surface area (Å²) in [6.45, 7) is 2.06. The number of halogens is 3. The topological polar surface area (TPSA) is 24.9 Å². The molecule has 1 aromatic carbocycles. The number of anilines is 1. The fourth-order valence-corrected chi connectivity index (χ4v) is 2.50. The molecule has 0 aliphatic heterocycles. The summed E-state index contributed by atoms with van der Waals surface area (Å²) in [5.74, 6) is -0.317. The van der Waals surface area contributed by atoms with Crippen molar-refractivity contribution in [1.82, 2.24) is 4.98 Å². The van der Waals surface area contributed by atoms with Crippen LogP contribution >= 0.6 is 31.9 Å². The van der Waals surface area contributed by atoms with Crippen LogP contribution in [0.2, 0.25) is 0 Å². The summed E-state index contributed by atoms with van der Waals surface area (Å²) in [6.07, 6.45) is 2.10. The Balaban J connectivity index is 2.23. The predicted molar refractivity (Wildman–Crippen MR) is 82.7 cm³/mol. The molecule has 0 amide bonds. The van der Waals surface area contributed by atoms with Gasteiger partial charge < -0.3 is 5.32 Å². The maximum Gasteiger partial charge on any atom is 0.141 e. The second-order valence-electron chi connectivity index (χ2n) is 4.13. The minimum atomic E-state index is -0.317. The van der Waals surface area contributed by atoms with Crippen LogP contribution in [-0.2, 0) is 0 Å². The van der Waals surface area contributed by atoms with Gasteiger partial charge in [-0.15, -0.1) is 0 Å². The largest absolute Gasteiger partial charge is 0.376 e. The van der Waals surface area contributed by atoms with Crippen LogP contribution < -0.4 is 5.32 Å². The number of hydrogen-bond donors (Lipinski definition) is 1. The number of aromatic nitrogens is 1. The van der Waals surface area contributed by atoms with Gasteiger partial charge in [-0.1, -0.05) is 22.9 Å².